The van der Waals surface area contributed by atoms with Crippen LogP contribution in [0, 0.1) is 20.8 Å². The fraction of sp³-hybridized carbons (Fsp3) is 0.650. The van der Waals surface area contributed by atoms with E-state index in [1.54, 1.807) is 13.8 Å². The third-order valence-electron chi connectivity index (χ3n) is 5.89. The molecule has 7 heteroatoms. The fourth-order valence-electron chi connectivity index (χ4n) is 4.68. The van der Waals surface area contributed by atoms with Gasteiger partial charge in [0.05, 0.1) is 4.90 Å². The van der Waals surface area contributed by atoms with E-state index in [9.17, 15) is 13.2 Å². The Labute approximate surface area is 162 Å². The van der Waals surface area contributed by atoms with E-state index in [1.165, 1.54) is 12.8 Å². The summed E-state index contributed by atoms with van der Waals surface area (Å²) in [7, 11) is -1.78. The van der Waals surface area contributed by atoms with Crippen LogP contribution in [-0.4, -0.2) is 50.9 Å². The van der Waals surface area contributed by atoms with Crippen LogP contribution in [0.15, 0.2) is 17.0 Å². The molecular weight excluding hydrogens is 362 g/mol. The maximum Gasteiger partial charge on any atom is 0.241 e. The third kappa shape index (κ3) is 4.52. The van der Waals surface area contributed by atoms with Gasteiger partial charge in [0.2, 0.25) is 15.9 Å². The topological polar surface area (TPSA) is 78.5 Å². The summed E-state index contributed by atoms with van der Waals surface area (Å²) in [5.74, 6) is 0.00125. The third-order valence-corrected chi connectivity index (χ3v) is 7.66. The van der Waals surface area contributed by atoms with E-state index in [1.807, 2.05) is 31.0 Å². The van der Waals surface area contributed by atoms with E-state index in [0.717, 1.165) is 29.5 Å². The lowest BCUT2D eigenvalue weighted by Crippen LogP contribution is -2.49. The molecule has 2 bridgehead atoms. The minimum absolute atomic E-state index is 0.00125. The number of aryl methyl sites for hydroxylation is 3. The number of amides is 1. The summed E-state index contributed by atoms with van der Waals surface area (Å²) in [6, 6.07) is 5.04. The molecule has 1 aromatic rings. The molecule has 0 radical (unpaired) electrons. The van der Waals surface area contributed by atoms with Crippen molar-refractivity contribution in [3.05, 3.63) is 28.8 Å². The first-order valence-electron chi connectivity index (χ1n) is 9.76. The molecule has 0 saturated carbocycles. The quantitative estimate of drug-likeness (QED) is 0.775. The second-order valence-corrected chi connectivity index (χ2v) is 9.85. The zero-order valence-corrected chi connectivity index (χ0v) is 17.5. The van der Waals surface area contributed by atoms with Crippen LogP contribution in [0.1, 0.15) is 48.8 Å². The molecule has 0 spiro atoms. The van der Waals surface area contributed by atoms with Crippen molar-refractivity contribution < 1.29 is 13.2 Å². The molecule has 2 saturated heterocycles. The second kappa shape index (κ2) is 7.89. The summed E-state index contributed by atoms with van der Waals surface area (Å²) < 4.78 is 28.0. The van der Waals surface area contributed by atoms with Crippen molar-refractivity contribution in [1.82, 2.24) is 14.9 Å². The lowest BCUT2D eigenvalue weighted by Gasteiger charge is -2.35. The fourth-order valence-corrected chi connectivity index (χ4v) is 6.16. The van der Waals surface area contributed by atoms with Gasteiger partial charge in [-0.05, 0) is 57.6 Å². The van der Waals surface area contributed by atoms with Crippen LogP contribution in [0.2, 0.25) is 0 Å². The summed E-state index contributed by atoms with van der Waals surface area (Å²) in [5, 5.41) is 3.58. The number of hydrogen-bond donors (Lipinski definition) is 2. The molecule has 0 aliphatic carbocycles. The summed E-state index contributed by atoms with van der Waals surface area (Å²) in [6.07, 6.45) is 4.55. The molecule has 2 atom stereocenters. The number of fused-ring (bicyclic) bond motifs is 2. The average Bonchev–Trinajstić information content (AvgIpc) is 2.90. The smallest absolute Gasteiger partial charge is 0.241 e. The zero-order valence-electron chi connectivity index (χ0n) is 16.7. The standard InChI is InChI=1S/C20H31N3O3S/c1-13-9-14(2)20(15(3)10-13)27(25,26)21-8-7-19(24)23(4)18-11-16-5-6-17(12-18)22-16/h9-10,16-18,21-22H,5-8,11-12H2,1-4H3. The Morgan fingerprint density at radius 1 is 1.15 bits per heavy atom. The van der Waals surface area contributed by atoms with Gasteiger partial charge in [0.1, 0.15) is 0 Å². The number of benzene rings is 1. The highest BCUT2D eigenvalue weighted by Crippen LogP contribution is 2.29. The van der Waals surface area contributed by atoms with Crippen LogP contribution >= 0.6 is 0 Å². The molecule has 2 unspecified atom stereocenters. The highest BCUT2D eigenvalue weighted by molar-refractivity contribution is 7.89. The maximum absolute atomic E-state index is 12.7. The first kappa shape index (κ1) is 20.3. The Bertz CT molecular complexity index is 787. The molecule has 1 aromatic carbocycles. The van der Waals surface area contributed by atoms with Crippen molar-refractivity contribution in [3.8, 4) is 0 Å². The number of carbonyl (C=O) groups is 1. The first-order valence-corrected chi connectivity index (χ1v) is 11.2. The summed E-state index contributed by atoms with van der Waals surface area (Å²) >= 11 is 0. The second-order valence-electron chi connectivity index (χ2n) is 8.14. The Morgan fingerprint density at radius 3 is 2.26 bits per heavy atom. The number of nitrogens with one attached hydrogen (secondary N) is 2. The van der Waals surface area contributed by atoms with E-state index in [2.05, 4.69) is 10.0 Å². The minimum atomic E-state index is -3.62. The number of sulfonamides is 1. The van der Waals surface area contributed by atoms with Gasteiger partial charge in [0, 0.05) is 38.1 Å². The maximum atomic E-state index is 12.7. The predicted molar refractivity (Wildman–Crippen MR) is 106 cm³/mol. The Morgan fingerprint density at radius 2 is 1.70 bits per heavy atom. The van der Waals surface area contributed by atoms with Gasteiger partial charge in [-0.15, -0.1) is 0 Å². The first-order chi connectivity index (χ1) is 12.7. The van der Waals surface area contributed by atoms with Crippen molar-refractivity contribution in [2.24, 2.45) is 0 Å². The minimum Gasteiger partial charge on any atom is -0.343 e. The molecule has 150 valence electrons. The molecule has 2 N–H and O–H groups in total. The van der Waals surface area contributed by atoms with Gasteiger partial charge in [-0.25, -0.2) is 13.1 Å². The summed E-state index contributed by atoms with van der Waals surface area (Å²) in [6.45, 7) is 5.68. The number of hydrogen-bond acceptors (Lipinski definition) is 4. The highest BCUT2D eigenvalue weighted by Gasteiger charge is 2.36. The molecule has 2 aliphatic rings. The molecule has 0 aromatic heterocycles. The van der Waals surface area contributed by atoms with Gasteiger partial charge in [-0.1, -0.05) is 17.7 Å². The summed E-state index contributed by atoms with van der Waals surface area (Å²) in [4.78, 5) is 14.7. The Kier molecular flexibility index (Phi) is 5.93. The molecule has 1 amide bonds. The Balaban J connectivity index is 1.56. The van der Waals surface area contributed by atoms with E-state index in [0.29, 0.717) is 17.0 Å². The van der Waals surface area contributed by atoms with Crippen molar-refractivity contribution in [3.63, 3.8) is 0 Å². The monoisotopic (exact) mass is 393 g/mol. The predicted octanol–water partition coefficient (Wildman–Crippen LogP) is 2.02. The van der Waals surface area contributed by atoms with Crippen LogP contribution in [0.3, 0.4) is 0 Å². The molecular formula is C20H31N3O3S. The molecule has 3 rings (SSSR count). The highest BCUT2D eigenvalue weighted by atomic mass is 32.2. The zero-order chi connectivity index (χ0) is 19.8. The van der Waals surface area contributed by atoms with Gasteiger partial charge >= 0.3 is 0 Å². The van der Waals surface area contributed by atoms with Gasteiger partial charge in [0.15, 0.2) is 0 Å². The summed E-state index contributed by atoms with van der Waals surface area (Å²) in [5.41, 5.74) is 2.50. The van der Waals surface area contributed by atoms with Crippen LogP contribution < -0.4 is 10.0 Å². The van der Waals surface area contributed by atoms with Crippen molar-refractivity contribution in [1.29, 1.82) is 0 Å². The molecule has 2 fully saturated rings. The van der Waals surface area contributed by atoms with E-state index < -0.39 is 10.0 Å². The average molecular weight is 394 g/mol. The van der Waals surface area contributed by atoms with Gasteiger partial charge in [-0.2, -0.15) is 0 Å². The van der Waals surface area contributed by atoms with E-state index in [4.69, 9.17) is 0 Å². The van der Waals surface area contributed by atoms with Crippen molar-refractivity contribution in [2.45, 2.75) is 75.9 Å². The van der Waals surface area contributed by atoms with Crippen LogP contribution in [0.25, 0.3) is 0 Å². The number of piperidine rings is 1. The van der Waals surface area contributed by atoms with Gasteiger partial charge in [-0.3, -0.25) is 4.79 Å². The van der Waals surface area contributed by atoms with Crippen LogP contribution in [0.4, 0.5) is 0 Å². The Hall–Kier alpha value is -1.44. The van der Waals surface area contributed by atoms with Crippen LogP contribution in [0.5, 0.6) is 0 Å². The number of nitrogens with zero attached hydrogens (tertiary/aromatic N) is 1. The molecule has 2 heterocycles. The lowest BCUT2D eigenvalue weighted by molar-refractivity contribution is -0.132. The van der Waals surface area contributed by atoms with E-state index in [-0.39, 0.29) is 24.9 Å². The normalized spacial score (nSPS) is 24.8. The molecule has 27 heavy (non-hydrogen) atoms. The van der Waals surface area contributed by atoms with Gasteiger partial charge < -0.3 is 10.2 Å². The number of carbonyl (C=O) groups excluding carboxylic acids is 1. The van der Waals surface area contributed by atoms with Crippen LogP contribution in [-0.2, 0) is 14.8 Å². The number of rotatable bonds is 6. The lowest BCUT2D eigenvalue weighted by atomic mass is 9.98. The largest absolute Gasteiger partial charge is 0.343 e. The molecule has 2 aliphatic heterocycles. The van der Waals surface area contributed by atoms with Crippen molar-refractivity contribution >= 4 is 15.9 Å². The van der Waals surface area contributed by atoms with E-state index >= 15 is 0 Å². The van der Waals surface area contributed by atoms with Crippen molar-refractivity contribution in [2.75, 3.05) is 13.6 Å². The SMILES string of the molecule is Cc1cc(C)c(S(=O)(=O)NCCC(=O)N(C)C2CC3CCC(C2)N3)c(C)c1. The van der Waals surface area contributed by atoms with Gasteiger partial charge in [0.25, 0.3) is 0 Å². The molecule has 6 nitrogen and oxygen atoms in total.